The van der Waals surface area contributed by atoms with E-state index in [-0.39, 0.29) is 11.8 Å². The number of carbonyl (C=O) groups excluding carboxylic acids is 1. The molecule has 2 heterocycles. The standard InChI is InChI=1S/C16H17N3O2S/c1-22-13-4-2-3-12(8-13)19-9-11(7-14(19)20)16-17-15(18-21-16)10-5-6-10/h2-4,8,10-11H,5-7,9H2,1H3. The summed E-state index contributed by atoms with van der Waals surface area (Å²) < 4.78 is 5.38. The molecule has 1 atom stereocenters. The van der Waals surface area contributed by atoms with Gasteiger partial charge in [0.15, 0.2) is 5.82 Å². The first kappa shape index (κ1) is 13.8. The number of hydrogen-bond acceptors (Lipinski definition) is 5. The molecule has 1 aromatic heterocycles. The van der Waals surface area contributed by atoms with Crippen molar-refractivity contribution in [3.63, 3.8) is 0 Å². The summed E-state index contributed by atoms with van der Waals surface area (Å²) in [4.78, 5) is 19.8. The van der Waals surface area contributed by atoms with Crippen LogP contribution in [0.15, 0.2) is 33.7 Å². The minimum atomic E-state index is 0.00503. The summed E-state index contributed by atoms with van der Waals surface area (Å²) in [5.41, 5.74) is 0.946. The fourth-order valence-corrected chi connectivity index (χ4v) is 3.27. The molecular weight excluding hydrogens is 298 g/mol. The fourth-order valence-electron chi connectivity index (χ4n) is 2.82. The van der Waals surface area contributed by atoms with Crippen molar-refractivity contribution in [1.29, 1.82) is 0 Å². The summed E-state index contributed by atoms with van der Waals surface area (Å²) in [5, 5.41) is 4.05. The van der Waals surface area contributed by atoms with Crippen LogP contribution in [0.4, 0.5) is 5.69 Å². The second-order valence-electron chi connectivity index (χ2n) is 5.87. The number of rotatable bonds is 4. The molecule has 2 aliphatic rings. The molecular formula is C16H17N3O2S. The summed E-state index contributed by atoms with van der Waals surface area (Å²) in [6, 6.07) is 8.06. The Morgan fingerprint density at radius 1 is 1.32 bits per heavy atom. The van der Waals surface area contributed by atoms with E-state index in [1.54, 1.807) is 11.8 Å². The van der Waals surface area contributed by atoms with Crippen LogP contribution in [0, 0.1) is 0 Å². The predicted octanol–water partition coefficient (Wildman–Crippen LogP) is 3.19. The van der Waals surface area contributed by atoms with Gasteiger partial charge >= 0.3 is 0 Å². The Hall–Kier alpha value is -1.82. The predicted molar refractivity (Wildman–Crippen MR) is 84.2 cm³/mol. The van der Waals surface area contributed by atoms with Crippen LogP contribution < -0.4 is 4.90 Å². The van der Waals surface area contributed by atoms with Crippen molar-refractivity contribution < 1.29 is 9.32 Å². The van der Waals surface area contributed by atoms with Gasteiger partial charge in [0.25, 0.3) is 0 Å². The lowest BCUT2D eigenvalue weighted by Crippen LogP contribution is -2.24. The van der Waals surface area contributed by atoms with Crippen LogP contribution in [0.1, 0.15) is 42.8 Å². The second-order valence-corrected chi connectivity index (χ2v) is 6.75. The maximum absolute atomic E-state index is 12.3. The molecule has 1 aliphatic carbocycles. The molecule has 0 spiro atoms. The van der Waals surface area contributed by atoms with Crippen LogP contribution in [-0.4, -0.2) is 28.8 Å². The van der Waals surface area contributed by atoms with Gasteiger partial charge in [0, 0.05) is 29.5 Å². The molecule has 2 aromatic rings. The molecule has 114 valence electrons. The highest BCUT2D eigenvalue weighted by Gasteiger charge is 2.36. The van der Waals surface area contributed by atoms with Gasteiger partial charge in [-0.1, -0.05) is 11.2 Å². The highest BCUT2D eigenvalue weighted by molar-refractivity contribution is 7.98. The van der Waals surface area contributed by atoms with Gasteiger partial charge in [0.1, 0.15) is 0 Å². The smallest absolute Gasteiger partial charge is 0.232 e. The molecule has 1 amide bonds. The molecule has 2 fully saturated rings. The summed E-state index contributed by atoms with van der Waals surface area (Å²) in [5.74, 6) is 2.02. The fraction of sp³-hybridized carbons (Fsp3) is 0.438. The zero-order valence-electron chi connectivity index (χ0n) is 12.4. The van der Waals surface area contributed by atoms with E-state index in [0.29, 0.717) is 24.8 Å². The molecule has 0 radical (unpaired) electrons. The van der Waals surface area contributed by atoms with E-state index in [2.05, 4.69) is 10.1 Å². The van der Waals surface area contributed by atoms with Crippen molar-refractivity contribution >= 4 is 23.4 Å². The number of nitrogens with zero attached hydrogens (tertiary/aromatic N) is 3. The van der Waals surface area contributed by atoms with E-state index in [1.165, 1.54) is 0 Å². The summed E-state index contributed by atoms with van der Waals surface area (Å²) in [6.07, 6.45) is 4.77. The lowest BCUT2D eigenvalue weighted by Gasteiger charge is -2.16. The van der Waals surface area contributed by atoms with Crippen LogP contribution in [0.3, 0.4) is 0 Å². The molecule has 22 heavy (non-hydrogen) atoms. The van der Waals surface area contributed by atoms with Crippen LogP contribution >= 0.6 is 11.8 Å². The van der Waals surface area contributed by atoms with Crippen molar-refractivity contribution in [2.75, 3.05) is 17.7 Å². The number of benzene rings is 1. The first-order chi connectivity index (χ1) is 10.7. The molecule has 1 aliphatic heterocycles. The van der Waals surface area contributed by atoms with Gasteiger partial charge in [0.05, 0.1) is 5.92 Å². The van der Waals surface area contributed by atoms with Crippen molar-refractivity contribution in [1.82, 2.24) is 10.1 Å². The Balaban J connectivity index is 1.54. The minimum Gasteiger partial charge on any atom is -0.339 e. The van der Waals surface area contributed by atoms with Crippen molar-refractivity contribution in [2.24, 2.45) is 0 Å². The lowest BCUT2D eigenvalue weighted by atomic mass is 10.1. The maximum Gasteiger partial charge on any atom is 0.232 e. The third kappa shape index (κ3) is 2.52. The van der Waals surface area contributed by atoms with E-state index in [4.69, 9.17) is 4.52 Å². The highest BCUT2D eigenvalue weighted by Crippen LogP contribution is 2.39. The molecule has 1 saturated heterocycles. The lowest BCUT2D eigenvalue weighted by molar-refractivity contribution is -0.117. The van der Waals surface area contributed by atoms with Gasteiger partial charge in [-0.25, -0.2) is 0 Å². The molecule has 1 unspecified atom stereocenters. The topological polar surface area (TPSA) is 59.2 Å². The van der Waals surface area contributed by atoms with Crippen LogP contribution in [-0.2, 0) is 4.79 Å². The third-order valence-electron chi connectivity index (χ3n) is 4.24. The van der Waals surface area contributed by atoms with Gasteiger partial charge in [0.2, 0.25) is 11.8 Å². The number of hydrogen-bond donors (Lipinski definition) is 0. The quantitative estimate of drug-likeness (QED) is 0.811. The van der Waals surface area contributed by atoms with E-state index in [9.17, 15) is 4.79 Å². The Bertz CT molecular complexity index is 711. The third-order valence-corrected chi connectivity index (χ3v) is 4.96. The Morgan fingerprint density at radius 3 is 2.95 bits per heavy atom. The average Bonchev–Trinajstić information content (AvgIpc) is 3.14. The van der Waals surface area contributed by atoms with Gasteiger partial charge in [-0.2, -0.15) is 4.98 Å². The largest absolute Gasteiger partial charge is 0.339 e. The van der Waals surface area contributed by atoms with Gasteiger partial charge < -0.3 is 9.42 Å². The van der Waals surface area contributed by atoms with Gasteiger partial charge in [-0.3, -0.25) is 4.79 Å². The molecule has 0 bridgehead atoms. The summed E-state index contributed by atoms with van der Waals surface area (Å²) in [6.45, 7) is 0.614. The first-order valence-corrected chi connectivity index (χ1v) is 8.75. The van der Waals surface area contributed by atoms with Crippen LogP contribution in [0.5, 0.6) is 0 Å². The van der Waals surface area contributed by atoms with E-state index >= 15 is 0 Å². The molecule has 6 heteroatoms. The van der Waals surface area contributed by atoms with Crippen molar-refractivity contribution in [2.45, 2.75) is 36.0 Å². The van der Waals surface area contributed by atoms with E-state index < -0.39 is 0 Å². The average molecular weight is 315 g/mol. The monoisotopic (exact) mass is 315 g/mol. The molecule has 1 aromatic carbocycles. The normalized spacial score (nSPS) is 21.6. The second kappa shape index (κ2) is 5.43. The van der Waals surface area contributed by atoms with Crippen LogP contribution in [0.25, 0.3) is 0 Å². The zero-order valence-corrected chi connectivity index (χ0v) is 13.2. The number of carbonyl (C=O) groups is 1. The van der Waals surface area contributed by atoms with Gasteiger partial charge in [-0.15, -0.1) is 11.8 Å². The zero-order chi connectivity index (χ0) is 15.1. The number of amides is 1. The highest BCUT2D eigenvalue weighted by atomic mass is 32.2. The van der Waals surface area contributed by atoms with Crippen molar-refractivity contribution in [3.8, 4) is 0 Å². The minimum absolute atomic E-state index is 0.00503. The molecule has 4 rings (SSSR count). The van der Waals surface area contributed by atoms with E-state index in [0.717, 1.165) is 29.2 Å². The first-order valence-electron chi connectivity index (χ1n) is 7.52. The van der Waals surface area contributed by atoms with E-state index in [1.807, 2.05) is 35.4 Å². The Morgan fingerprint density at radius 2 is 2.18 bits per heavy atom. The van der Waals surface area contributed by atoms with Crippen molar-refractivity contribution in [3.05, 3.63) is 36.0 Å². The summed E-state index contributed by atoms with van der Waals surface area (Å²) in [7, 11) is 0. The number of thioether (sulfide) groups is 1. The SMILES string of the molecule is CSc1cccc(N2CC(c3nc(C4CC4)no3)CC2=O)c1. The maximum atomic E-state index is 12.3. The Kier molecular flexibility index (Phi) is 3.41. The van der Waals surface area contributed by atoms with Gasteiger partial charge in [-0.05, 0) is 37.3 Å². The number of anilines is 1. The molecule has 0 N–H and O–H groups in total. The molecule has 5 nitrogen and oxygen atoms in total. The Labute approximate surface area is 133 Å². The van der Waals surface area contributed by atoms with Crippen LogP contribution in [0.2, 0.25) is 0 Å². The number of aromatic nitrogens is 2. The molecule has 1 saturated carbocycles. The summed E-state index contributed by atoms with van der Waals surface area (Å²) >= 11 is 1.67.